The minimum atomic E-state index is -0.536. The van der Waals surface area contributed by atoms with Crippen LogP contribution in [-0.2, 0) is 0 Å². The summed E-state index contributed by atoms with van der Waals surface area (Å²) in [6.45, 7) is 3.96. The molecule has 0 aliphatic carbocycles. The summed E-state index contributed by atoms with van der Waals surface area (Å²) in [5.74, 6) is 0.444. The van der Waals surface area contributed by atoms with Gasteiger partial charge in [-0.05, 0) is 13.0 Å². The lowest BCUT2D eigenvalue weighted by Gasteiger charge is -2.25. The van der Waals surface area contributed by atoms with Gasteiger partial charge in [0.25, 0.3) is 0 Å². The van der Waals surface area contributed by atoms with Gasteiger partial charge in [-0.3, -0.25) is 4.90 Å². The molecule has 0 spiro atoms. The number of aliphatic hydroxyl groups is 2. The molecule has 92 valence electrons. The second-order valence-electron chi connectivity index (χ2n) is 3.73. The summed E-state index contributed by atoms with van der Waals surface area (Å²) >= 11 is 11.1. The maximum absolute atomic E-state index is 9.43. The van der Waals surface area contributed by atoms with E-state index in [0.29, 0.717) is 13.1 Å². The number of hydrogen-bond acceptors (Lipinski definition) is 3. The van der Waals surface area contributed by atoms with E-state index < -0.39 is 12.2 Å². The van der Waals surface area contributed by atoms with E-state index in [0.717, 1.165) is 19.4 Å². The summed E-state index contributed by atoms with van der Waals surface area (Å²) in [5, 5.41) is 18.9. The van der Waals surface area contributed by atoms with Crippen molar-refractivity contribution in [1.82, 2.24) is 4.90 Å². The lowest BCUT2D eigenvalue weighted by atomic mass is 10.2. The first kappa shape index (κ1) is 15.5. The van der Waals surface area contributed by atoms with Crippen molar-refractivity contribution in [2.45, 2.75) is 32.0 Å². The molecule has 0 saturated heterocycles. The van der Waals surface area contributed by atoms with Crippen molar-refractivity contribution in [3.63, 3.8) is 0 Å². The number of halogens is 2. The molecule has 0 aliphatic heterocycles. The van der Waals surface area contributed by atoms with Crippen molar-refractivity contribution < 1.29 is 10.2 Å². The van der Waals surface area contributed by atoms with Gasteiger partial charge in [-0.25, -0.2) is 0 Å². The first-order chi connectivity index (χ1) is 7.13. The molecular formula is C10H21Cl2NO2. The van der Waals surface area contributed by atoms with Crippen molar-refractivity contribution in [2.75, 3.05) is 31.4 Å². The van der Waals surface area contributed by atoms with E-state index >= 15 is 0 Å². The van der Waals surface area contributed by atoms with Crippen LogP contribution in [0.4, 0.5) is 0 Å². The maximum Gasteiger partial charge on any atom is 0.0802 e. The summed E-state index contributed by atoms with van der Waals surface area (Å²) in [4.78, 5) is 2.00. The molecule has 3 nitrogen and oxygen atoms in total. The van der Waals surface area contributed by atoms with Gasteiger partial charge in [0, 0.05) is 24.8 Å². The summed E-state index contributed by atoms with van der Waals surface area (Å²) in [6.07, 6.45) is 1.06. The predicted octanol–water partition coefficient (Wildman–Crippen LogP) is 1.29. The average molecular weight is 258 g/mol. The van der Waals surface area contributed by atoms with Crippen LogP contribution in [0.3, 0.4) is 0 Å². The summed E-state index contributed by atoms with van der Waals surface area (Å²) in [6, 6.07) is 0. The predicted molar refractivity (Wildman–Crippen MR) is 64.8 cm³/mol. The molecule has 0 saturated carbocycles. The van der Waals surface area contributed by atoms with E-state index in [9.17, 15) is 10.2 Å². The highest BCUT2D eigenvalue weighted by Gasteiger charge is 2.14. The van der Waals surface area contributed by atoms with Crippen LogP contribution in [-0.4, -0.2) is 58.7 Å². The molecule has 0 bridgehead atoms. The van der Waals surface area contributed by atoms with Crippen LogP contribution in [0.1, 0.15) is 19.8 Å². The highest BCUT2D eigenvalue weighted by molar-refractivity contribution is 6.18. The third-order valence-corrected chi connectivity index (χ3v) is 2.83. The molecule has 0 amide bonds. The third-order valence-electron chi connectivity index (χ3n) is 2.12. The molecule has 5 heteroatoms. The monoisotopic (exact) mass is 257 g/mol. The molecule has 0 aliphatic rings. The molecule has 0 rings (SSSR count). The Kier molecular flexibility index (Phi) is 9.97. The fraction of sp³-hybridized carbons (Fsp3) is 1.00. The van der Waals surface area contributed by atoms with Crippen LogP contribution in [0.25, 0.3) is 0 Å². The number of alkyl halides is 2. The van der Waals surface area contributed by atoms with Gasteiger partial charge in [0.05, 0.1) is 12.2 Å². The zero-order chi connectivity index (χ0) is 11.7. The van der Waals surface area contributed by atoms with E-state index in [-0.39, 0.29) is 11.8 Å². The van der Waals surface area contributed by atoms with E-state index in [1.165, 1.54) is 0 Å². The Bertz CT molecular complexity index is 137. The largest absolute Gasteiger partial charge is 0.391 e. The molecule has 0 aromatic carbocycles. The molecule has 0 fully saturated rings. The van der Waals surface area contributed by atoms with Crippen LogP contribution in [0.2, 0.25) is 0 Å². The van der Waals surface area contributed by atoms with Gasteiger partial charge < -0.3 is 10.2 Å². The van der Waals surface area contributed by atoms with Gasteiger partial charge >= 0.3 is 0 Å². The third kappa shape index (κ3) is 8.29. The van der Waals surface area contributed by atoms with Crippen LogP contribution < -0.4 is 0 Å². The Labute approximate surface area is 102 Å². The van der Waals surface area contributed by atoms with Crippen molar-refractivity contribution in [1.29, 1.82) is 0 Å². The van der Waals surface area contributed by atoms with Crippen LogP contribution in [0.15, 0.2) is 0 Å². The molecule has 0 heterocycles. The van der Waals surface area contributed by atoms with E-state index in [4.69, 9.17) is 23.2 Å². The standard InChI is InChI=1S/C10H21Cl2NO2/c1-2-3-4-13(7-9(14)5-11)8-10(15)6-12/h9-10,14-15H,2-8H2,1H3. The average Bonchev–Trinajstić information content (AvgIpc) is 2.25. The van der Waals surface area contributed by atoms with Crippen LogP contribution >= 0.6 is 23.2 Å². The number of aliphatic hydroxyl groups excluding tert-OH is 2. The maximum atomic E-state index is 9.43. The van der Waals surface area contributed by atoms with Gasteiger partial charge in [-0.1, -0.05) is 13.3 Å². The Balaban J connectivity index is 3.93. The molecule has 0 aromatic heterocycles. The molecule has 2 atom stereocenters. The minimum absolute atomic E-state index is 0.222. The molecule has 0 radical (unpaired) electrons. The summed E-state index contributed by atoms with van der Waals surface area (Å²) < 4.78 is 0. The van der Waals surface area contributed by atoms with Gasteiger partial charge in [0.2, 0.25) is 0 Å². The van der Waals surface area contributed by atoms with Crippen molar-refractivity contribution in [2.24, 2.45) is 0 Å². The Morgan fingerprint density at radius 3 is 1.87 bits per heavy atom. The van der Waals surface area contributed by atoms with E-state index in [1.807, 2.05) is 4.90 Å². The minimum Gasteiger partial charge on any atom is -0.391 e. The normalized spacial score (nSPS) is 15.6. The van der Waals surface area contributed by atoms with Crippen molar-refractivity contribution in [3.8, 4) is 0 Å². The Morgan fingerprint density at radius 2 is 1.53 bits per heavy atom. The van der Waals surface area contributed by atoms with E-state index in [2.05, 4.69) is 6.92 Å². The van der Waals surface area contributed by atoms with Gasteiger partial charge in [0.1, 0.15) is 0 Å². The quantitative estimate of drug-likeness (QED) is 0.612. The van der Waals surface area contributed by atoms with Gasteiger partial charge in [-0.15, -0.1) is 23.2 Å². The number of hydrogen-bond donors (Lipinski definition) is 2. The van der Waals surface area contributed by atoms with Crippen molar-refractivity contribution in [3.05, 3.63) is 0 Å². The number of unbranched alkanes of at least 4 members (excludes halogenated alkanes) is 1. The highest BCUT2D eigenvalue weighted by Crippen LogP contribution is 2.01. The fourth-order valence-electron chi connectivity index (χ4n) is 1.33. The van der Waals surface area contributed by atoms with Crippen LogP contribution in [0.5, 0.6) is 0 Å². The van der Waals surface area contributed by atoms with Crippen molar-refractivity contribution >= 4 is 23.2 Å². The first-order valence-corrected chi connectivity index (χ1v) is 6.41. The number of nitrogens with zero attached hydrogens (tertiary/aromatic N) is 1. The molecular weight excluding hydrogens is 237 g/mol. The highest BCUT2D eigenvalue weighted by atomic mass is 35.5. The Morgan fingerprint density at radius 1 is 1.07 bits per heavy atom. The zero-order valence-electron chi connectivity index (χ0n) is 9.20. The molecule has 0 aromatic rings. The second-order valence-corrected chi connectivity index (χ2v) is 4.35. The number of rotatable bonds is 9. The van der Waals surface area contributed by atoms with Gasteiger partial charge in [-0.2, -0.15) is 0 Å². The topological polar surface area (TPSA) is 43.7 Å². The molecule has 2 unspecified atom stereocenters. The van der Waals surface area contributed by atoms with Crippen LogP contribution in [0, 0.1) is 0 Å². The zero-order valence-corrected chi connectivity index (χ0v) is 10.7. The first-order valence-electron chi connectivity index (χ1n) is 5.34. The molecule has 2 N–H and O–H groups in total. The summed E-state index contributed by atoms with van der Waals surface area (Å²) in [7, 11) is 0. The summed E-state index contributed by atoms with van der Waals surface area (Å²) in [5.41, 5.74) is 0. The Hall–Kier alpha value is 0.460. The molecule has 15 heavy (non-hydrogen) atoms. The van der Waals surface area contributed by atoms with E-state index in [1.54, 1.807) is 0 Å². The lowest BCUT2D eigenvalue weighted by molar-refractivity contribution is 0.0853. The van der Waals surface area contributed by atoms with Gasteiger partial charge in [0.15, 0.2) is 0 Å². The smallest absolute Gasteiger partial charge is 0.0802 e. The second kappa shape index (κ2) is 9.67. The SMILES string of the molecule is CCCCN(CC(O)CCl)CC(O)CCl. The fourth-order valence-corrected chi connectivity index (χ4v) is 1.53. The lowest BCUT2D eigenvalue weighted by Crippen LogP contribution is -2.39.